The minimum atomic E-state index is -0.418. The normalized spacial score (nSPS) is 10.4. The quantitative estimate of drug-likeness (QED) is 0.784. The van der Waals surface area contributed by atoms with Crippen molar-refractivity contribution in [3.63, 3.8) is 0 Å². The maximum absolute atomic E-state index is 11.9. The number of rotatable bonds is 7. The molecule has 0 radical (unpaired) electrons. The summed E-state index contributed by atoms with van der Waals surface area (Å²) in [5.41, 5.74) is 6.10. The van der Waals surface area contributed by atoms with Gasteiger partial charge in [0.1, 0.15) is 6.07 Å². The number of primary amides is 1. The summed E-state index contributed by atoms with van der Waals surface area (Å²) >= 11 is 0. The molecule has 6 heteroatoms. The van der Waals surface area contributed by atoms with Gasteiger partial charge in [0.2, 0.25) is 11.8 Å². The van der Waals surface area contributed by atoms with E-state index in [0.29, 0.717) is 17.8 Å². The van der Waals surface area contributed by atoms with E-state index in [1.807, 2.05) is 24.8 Å². The molecule has 0 aliphatic rings. The van der Waals surface area contributed by atoms with Gasteiger partial charge in [-0.2, -0.15) is 5.26 Å². The van der Waals surface area contributed by atoms with Crippen LogP contribution in [0, 0.1) is 11.3 Å². The van der Waals surface area contributed by atoms with Crippen molar-refractivity contribution in [2.75, 3.05) is 18.4 Å². The molecule has 0 aromatic heterocycles. The van der Waals surface area contributed by atoms with Gasteiger partial charge < -0.3 is 11.1 Å². The van der Waals surface area contributed by atoms with Crippen molar-refractivity contribution in [2.45, 2.75) is 26.3 Å². The van der Waals surface area contributed by atoms with Crippen molar-refractivity contribution < 1.29 is 9.59 Å². The smallest absolute Gasteiger partial charge is 0.231 e. The molecule has 1 rings (SSSR count). The average Bonchev–Trinajstić information content (AvgIpc) is 2.43. The number of nitrogens with zero attached hydrogens (tertiary/aromatic N) is 2. The molecular formula is C15H20N4O2. The van der Waals surface area contributed by atoms with Gasteiger partial charge in [0.25, 0.3) is 0 Å². The Morgan fingerprint density at radius 2 is 2.05 bits per heavy atom. The largest absolute Gasteiger partial charge is 0.369 e. The van der Waals surface area contributed by atoms with Gasteiger partial charge in [-0.05, 0) is 26.0 Å². The second-order valence-corrected chi connectivity index (χ2v) is 4.99. The Hall–Kier alpha value is -2.39. The Balaban J connectivity index is 2.57. The Morgan fingerprint density at radius 3 is 2.62 bits per heavy atom. The fourth-order valence-corrected chi connectivity index (χ4v) is 1.87. The summed E-state index contributed by atoms with van der Waals surface area (Å²) < 4.78 is 0. The van der Waals surface area contributed by atoms with Gasteiger partial charge >= 0.3 is 0 Å². The lowest BCUT2D eigenvalue weighted by Gasteiger charge is -2.24. The number of anilines is 1. The van der Waals surface area contributed by atoms with Gasteiger partial charge in [-0.25, -0.2) is 0 Å². The van der Waals surface area contributed by atoms with Crippen molar-refractivity contribution in [1.29, 1.82) is 5.26 Å². The van der Waals surface area contributed by atoms with Crippen molar-refractivity contribution in [2.24, 2.45) is 5.73 Å². The Bertz CT molecular complexity index is 549. The van der Waals surface area contributed by atoms with Crippen LogP contribution in [0.4, 0.5) is 5.69 Å². The molecule has 3 N–H and O–H groups in total. The van der Waals surface area contributed by atoms with E-state index in [1.54, 1.807) is 24.3 Å². The van der Waals surface area contributed by atoms with Crippen LogP contribution in [-0.4, -0.2) is 35.8 Å². The SMILES string of the molecule is CC(C)N(CCC(=O)Nc1ccccc1C#N)CC(N)=O. The van der Waals surface area contributed by atoms with E-state index in [2.05, 4.69) is 5.32 Å². The number of para-hydroxylation sites is 1. The third-order valence-corrected chi connectivity index (χ3v) is 3.04. The standard InChI is InChI=1S/C15H20N4O2/c1-11(2)19(10-14(17)20)8-7-15(21)18-13-6-4-3-5-12(13)9-16/h3-6,11H,7-8,10H2,1-2H3,(H2,17,20)(H,18,21). The summed E-state index contributed by atoms with van der Waals surface area (Å²) in [5, 5.41) is 11.7. The number of benzene rings is 1. The molecule has 0 heterocycles. The highest BCUT2D eigenvalue weighted by Gasteiger charge is 2.14. The predicted octanol–water partition coefficient (Wildman–Crippen LogP) is 1.08. The van der Waals surface area contributed by atoms with Gasteiger partial charge in [0.15, 0.2) is 0 Å². The molecule has 0 spiro atoms. The van der Waals surface area contributed by atoms with Crippen LogP contribution in [0.2, 0.25) is 0 Å². The Morgan fingerprint density at radius 1 is 1.38 bits per heavy atom. The first-order valence-electron chi connectivity index (χ1n) is 6.75. The average molecular weight is 288 g/mol. The minimum Gasteiger partial charge on any atom is -0.369 e. The van der Waals surface area contributed by atoms with Gasteiger partial charge in [-0.3, -0.25) is 14.5 Å². The molecule has 1 aromatic rings. The summed E-state index contributed by atoms with van der Waals surface area (Å²) in [6.45, 7) is 4.43. The van der Waals surface area contributed by atoms with Gasteiger partial charge in [-0.1, -0.05) is 12.1 Å². The third kappa shape index (κ3) is 5.63. The summed E-state index contributed by atoms with van der Waals surface area (Å²) in [5.74, 6) is -0.619. The molecule has 0 unspecified atom stereocenters. The third-order valence-electron chi connectivity index (χ3n) is 3.04. The van der Waals surface area contributed by atoms with Crippen molar-refractivity contribution >= 4 is 17.5 Å². The van der Waals surface area contributed by atoms with E-state index in [1.165, 1.54) is 0 Å². The van der Waals surface area contributed by atoms with Crippen LogP contribution in [0.15, 0.2) is 24.3 Å². The first-order valence-corrected chi connectivity index (χ1v) is 6.75. The Kier molecular flexibility index (Phi) is 6.37. The van der Waals surface area contributed by atoms with E-state index in [9.17, 15) is 9.59 Å². The molecule has 0 aliphatic heterocycles. The number of nitrogens with one attached hydrogen (secondary N) is 1. The number of nitrogens with two attached hydrogens (primary N) is 1. The molecule has 6 nitrogen and oxygen atoms in total. The maximum Gasteiger partial charge on any atom is 0.231 e. The van der Waals surface area contributed by atoms with Crippen molar-refractivity contribution in [3.8, 4) is 6.07 Å². The van der Waals surface area contributed by atoms with Crippen LogP contribution < -0.4 is 11.1 Å². The minimum absolute atomic E-state index is 0.122. The van der Waals surface area contributed by atoms with Crippen LogP contribution in [0.5, 0.6) is 0 Å². The summed E-state index contributed by atoms with van der Waals surface area (Å²) in [6, 6.07) is 8.96. The first-order chi connectivity index (χ1) is 9.93. The van der Waals surface area contributed by atoms with Crippen LogP contribution in [0.1, 0.15) is 25.8 Å². The Labute approximate surface area is 124 Å². The molecule has 2 amide bonds. The van der Waals surface area contributed by atoms with Crippen LogP contribution >= 0.6 is 0 Å². The molecule has 0 saturated carbocycles. The molecule has 0 aliphatic carbocycles. The van der Waals surface area contributed by atoms with E-state index in [-0.39, 0.29) is 24.9 Å². The molecular weight excluding hydrogens is 268 g/mol. The molecule has 0 fully saturated rings. The van der Waals surface area contributed by atoms with Gasteiger partial charge in [0, 0.05) is 19.0 Å². The van der Waals surface area contributed by atoms with Gasteiger partial charge in [-0.15, -0.1) is 0 Å². The number of carbonyl (C=O) groups is 2. The van der Waals surface area contributed by atoms with E-state index >= 15 is 0 Å². The lowest BCUT2D eigenvalue weighted by atomic mass is 10.2. The van der Waals surface area contributed by atoms with E-state index in [0.717, 1.165) is 0 Å². The molecule has 1 aromatic carbocycles. The number of amides is 2. The van der Waals surface area contributed by atoms with E-state index < -0.39 is 5.91 Å². The maximum atomic E-state index is 11.9. The number of carbonyl (C=O) groups excluding carboxylic acids is 2. The molecule has 21 heavy (non-hydrogen) atoms. The second-order valence-electron chi connectivity index (χ2n) is 4.99. The summed E-state index contributed by atoms with van der Waals surface area (Å²) in [4.78, 5) is 24.7. The number of nitriles is 1. The lowest BCUT2D eigenvalue weighted by Crippen LogP contribution is -2.40. The van der Waals surface area contributed by atoms with Gasteiger partial charge in [0.05, 0.1) is 17.8 Å². The van der Waals surface area contributed by atoms with Crippen LogP contribution in [0.25, 0.3) is 0 Å². The monoisotopic (exact) mass is 288 g/mol. The lowest BCUT2D eigenvalue weighted by molar-refractivity contribution is -0.121. The molecule has 0 atom stereocenters. The van der Waals surface area contributed by atoms with Crippen molar-refractivity contribution in [3.05, 3.63) is 29.8 Å². The zero-order chi connectivity index (χ0) is 15.8. The zero-order valence-electron chi connectivity index (χ0n) is 12.3. The highest BCUT2D eigenvalue weighted by molar-refractivity contribution is 5.92. The molecule has 0 saturated heterocycles. The van der Waals surface area contributed by atoms with E-state index in [4.69, 9.17) is 11.0 Å². The molecule has 0 bridgehead atoms. The fraction of sp³-hybridized carbons (Fsp3) is 0.400. The highest BCUT2D eigenvalue weighted by Crippen LogP contribution is 2.13. The number of hydrogen-bond donors (Lipinski definition) is 2. The van der Waals surface area contributed by atoms with Crippen LogP contribution in [-0.2, 0) is 9.59 Å². The summed E-state index contributed by atoms with van der Waals surface area (Å²) in [6.07, 6.45) is 0.227. The zero-order valence-corrected chi connectivity index (χ0v) is 12.3. The fourth-order valence-electron chi connectivity index (χ4n) is 1.87. The first kappa shape index (κ1) is 16.7. The van der Waals surface area contributed by atoms with Crippen molar-refractivity contribution in [1.82, 2.24) is 4.90 Å². The second kappa shape index (κ2) is 8.02. The summed E-state index contributed by atoms with van der Waals surface area (Å²) in [7, 11) is 0. The highest BCUT2D eigenvalue weighted by atomic mass is 16.2. The van der Waals surface area contributed by atoms with Crippen LogP contribution in [0.3, 0.4) is 0 Å². The predicted molar refractivity (Wildman–Crippen MR) is 80.3 cm³/mol. The molecule has 112 valence electrons. The number of hydrogen-bond acceptors (Lipinski definition) is 4. The topological polar surface area (TPSA) is 99.2 Å².